The normalized spacial score (nSPS) is 11.6. The first kappa shape index (κ1) is 19.0. The first-order valence-electron chi connectivity index (χ1n) is 8.77. The molecule has 0 aliphatic heterocycles. The van der Waals surface area contributed by atoms with Gasteiger partial charge in [-0.1, -0.05) is 0 Å². The maximum absolute atomic E-state index is 12.9. The average Bonchev–Trinajstić information content (AvgIpc) is 3.16. The number of nitrogens with one attached hydrogen (secondary N) is 2. The molecule has 4 aromatic rings. The Morgan fingerprint density at radius 1 is 0.966 bits per heavy atom. The van der Waals surface area contributed by atoms with Crippen molar-refractivity contribution in [2.24, 2.45) is 0 Å². The van der Waals surface area contributed by atoms with Gasteiger partial charge in [0.25, 0.3) is 0 Å². The summed E-state index contributed by atoms with van der Waals surface area (Å²) < 4.78 is 41.6. The SMILES string of the molecule is O=S(=O)(NCCNc1nccc(-n2ccc3cccnc32)n1)c1ccc(F)cc1. The second-order valence-corrected chi connectivity index (χ2v) is 7.89. The van der Waals surface area contributed by atoms with Gasteiger partial charge in [-0.15, -0.1) is 0 Å². The molecule has 0 amide bonds. The fraction of sp³-hybridized carbons (Fsp3) is 0.105. The van der Waals surface area contributed by atoms with Crippen molar-refractivity contribution in [1.29, 1.82) is 0 Å². The van der Waals surface area contributed by atoms with E-state index < -0.39 is 15.8 Å². The van der Waals surface area contributed by atoms with Crippen molar-refractivity contribution < 1.29 is 12.8 Å². The molecule has 0 saturated carbocycles. The summed E-state index contributed by atoms with van der Waals surface area (Å²) >= 11 is 0. The number of rotatable bonds is 7. The van der Waals surface area contributed by atoms with Crippen LogP contribution in [0.15, 0.2) is 72.0 Å². The Hall–Kier alpha value is -3.37. The molecule has 0 atom stereocenters. The summed E-state index contributed by atoms with van der Waals surface area (Å²) in [6.07, 6.45) is 5.20. The molecule has 1 aromatic carbocycles. The van der Waals surface area contributed by atoms with E-state index in [-0.39, 0.29) is 18.0 Å². The second-order valence-electron chi connectivity index (χ2n) is 6.12. The maximum Gasteiger partial charge on any atom is 0.240 e. The molecule has 4 rings (SSSR count). The molecule has 0 spiro atoms. The van der Waals surface area contributed by atoms with Crippen LogP contribution in [-0.4, -0.2) is 41.0 Å². The minimum atomic E-state index is -3.71. The molecular formula is C19H17FN6O2S. The van der Waals surface area contributed by atoms with E-state index in [0.717, 1.165) is 23.2 Å². The molecule has 29 heavy (non-hydrogen) atoms. The van der Waals surface area contributed by atoms with Gasteiger partial charge in [0, 0.05) is 37.1 Å². The molecule has 0 unspecified atom stereocenters. The standard InChI is InChI=1S/C19H17FN6O2S/c20-15-3-5-16(6-4-15)29(27,28)24-12-11-23-19-22-10-7-17(25-19)26-13-8-14-2-1-9-21-18(14)26/h1-10,13,24H,11-12H2,(H,22,23,25). The van der Waals surface area contributed by atoms with Crippen LogP contribution < -0.4 is 10.0 Å². The Kier molecular flexibility index (Phi) is 5.19. The fourth-order valence-corrected chi connectivity index (χ4v) is 3.81. The predicted molar refractivity (Wildman–Crippen MR) is 107 cm³/mol. The van der Waals surface area contributed by atoms with Crippen LogP contribution in [0.4, 0.5) is 10.3 Å². The number of sulfonamides is 1. The van der Waals surface area contributed by atoms with E-state index in [1.165, 1.54) is 12.1 Å². The number of anilines is 1. The van der Waals surface area contributed by atoms with Gasteiger partial charge >= 0.3 is 0 Å². The molecule has 0 fully saturated rings. The van der Waals surface area contributed by atoms with Crippen molar-refractivity contribution in [3.05, 3.63) is 72.9 Å². The quantitative estimate of drug-likeness (QED) is 0.452. The molecule has 0 bridgehead atoms. The fourth-order valence-electron chi connectivity index (χ4n) is 2.78. The van der Waals surface area contributed by atoms with Gasteiger partial charge < -0.3 is 5.32 Å². The van der Waals surface area contributed by atoms with Crippen LogP contribution in [0.3, 0.4) is 0 Å². The van der Waals surface area contributed by atoms with Crippen molar-refractivity contribution >= 4 is 27.0 Å². The molecule has 0 saturated heterocycles. The van der Waals surface area contributed by atoms with E-state index in [9.17, 15) is 12.8 Å². The minimum absolute atomic E-state index is 0.00383. The number of nitrogens with zero attached hydrogens (tertiary/aromatic N) is 4. The Labute approximate surface area is 166 Å². The highest BCUT2D eigenvalue weighted by Gasteiger charge is 2.13. The molecule has 10 heteroatoms. The van der Waals surface area contributed by atoms with Crippen LogP contribution in [0.5, 0.6) is 0 Å². The van der Waals surface area contributed by atoms with E-state index in [4.69, 9.17) is 0 Å². The zero-order chi connectivity index (χ0) is 20.3. The van der Waals surface area contributed by atoms with Gasteiger partial charge in [-0.25, -0.2) is 27.5 Å². The Morgan fingerprint density at radius 3 is 2.62 bits per heavy atom. The summed E-state index contributed by atoms with van der Waals surface area (Å²) in [5.74, 6) is 0.512. The van der Waals surface area contributed by atoms with Gasteiger partial charge in [-0.2, -0.15) is 4.98 Å². The van der Waals surface area contributed by atoms with Crippen LogP contribution >= 0.6 is 0 Å². The zero-order valence-electron chi connectivity index (χ0n) is 15.2. The monoisotopic (exact) mass is 412 g/mol. The van der Waals surface area contributed by atoms with E-state index in [2.05, 4.69) is 25.0 Å². The first-order valence-corrected chi connectivity index (χ1v) is 10.3. The highest BCUT2D eigenvalue weighted by atomic mass is 32.2. The molecule has 8 nitrogen and oxygen atoms in total. The van der Waals surface area contributed by atoms with Crippen LogP contribution in [0.2, 0.25) is 0 Å². The number of fused-ring (bicyclic) bond motifs is 1. The molecule has 3 aromatic heterocycles. The number of halogens is 1. The molecule has 148 valence electrons. The van der Waals surface area contributed by atoms with E-state index in [0.29, 0.717) is 11.8 Å². The van der Waals surface area contributed by atoms with Gasteiger partial charge in [0.1, 0.15) is 17.3 Å². The Bertz CT molecular complexity index is 1240. The first-order chi connectivity index (χ1) is 14.0. The van der Waals surface area contributed by atoms with Crippen molar-refractivity contribution in [2.45, 2.75) is 4.90 Å². The molecule has 0 radical (unpaired) electrons. The summed E-state index contributed by atoms with van der Waals surface area (Å²) in [6.45, 7) is 0.385. The zero-order valence-corrected chi connectivity index (χ0v) is 16.0. The second kappa shape index (κ2) is 7.94. The van der Waals surface area contributed by atoms with Gasteiger partial charge in [-0.05, 0) is 48.5 Å². The third-order valence-electron chi connectivity index (χ3n) is 4.16. The largest absolute Gasteiger partial charge is 0.353 e. The topological polar surface area (TPSA) is 102 Å². The third kappa shape index (κ3) is 4.23. The van der Waals surface area contributed by atoms with Crippen molar-refractivity contribution in [1.82, 2.24) is 24.2 Å². The molecule has 0 aliphatic rings. The number of pyridine rings is 1. The van der Waals surface area contributed by atoms with Gasteiger partial charge in [0.05, 0.1) is 4.90 Å². The van der Waals surface area contributed by atoms with Crippen LogP contribution in [0.25, 0.3) is 16.9 Å². The number of aromatic nitrogens is 4. The predicted octanol–water partition coefficient (Wildman–Crippen LogP) is 2.34. The van der Waals surface area contributed by atoms with Crippen LogP contribution in [0, 0.1) is 5.82 Å². The molecule has 3 heterocycles. The molecule has 0 aliphatic carbocycles. The van der Waals surface area contributed by atoms with Crippen molar-refractivity contribution in [3.63, 3.8) is 0 Å². The summed E-state index contributed by atoms with van der Waals surface area (Å²) in [6, 6.07) is 12.2. The lowest BCUT2D eigenvalue weighted by atomic mass is 10.3. The van der Waals surface area contributed by atoms with Crippen molar-refractivity contribution in [2.75, 3.05) is 18.4 Å². The smallest absolute Gasteiger partial charge is 0.240 e. The summed E-state index contributed by atoms with van der Waals surface area (Å²) in [5.41, 5.74) is 0.782. The van der Waals surface area contributed by atoms with Gasteiger partial charge in [0.2, 0.25) is 16.0 Å². The van der Waals surface area contributed by atoms with Gasteiger partial charge in [0.15, 0.2) is 0 Å². The minimum Gasteiger partial charge on any atom is -0.353 e. The van der Waals surface area contributed by atoms with Crippen LogP contribution in [-0.2, 0) is 10.0 Å². The summed E-state index contributed by atoms with van der Waals surface area (Å²) in [5, 5.41) is 3.98. The number of benzene rings is 1. The molecule has 2 N–H and O–H groups in total. The van der Waals surface area contributed by atoms with E-state index in [1.54, 1.807) is 18.5 Å². The maximum atomic E-state index is 12.9. The van der Waals surface area contributed by atoms with E-state index >= 15 is 0 Å². The van der Waals surface area contributed by atoms with Gasteiger partial charge in [-0.3, -0.25) is 4.57 Å². The van der Waals surface area contributed by atoms with Crippen LogP contribution in [0.1, 0.15) is 0 Å². The summed E-state index contributed by atoms with van der Waals surface area (Å²) in [7, 11) is -3.71. The Balaban J connectivity index is 1.40. The highest BCUT2D eigenvalue weighted by molar-refractivity contribution is 7.89. The lowest BCUT2D eigenvalue weighted by molar-refractivity contribution is 0.582. The Morgan fingerprint density at radius 2 is 1.79 bits per heavy atom. The van der Waals surface area contributed by atoms with E-state index in [1.807, 2.05) is 29.0 Å². The number of hydrogen-bond acceptors (Lipinski definition) is 6. The summed E-state index contributed by atoms with van der Waals surface area (Å²) in [4.78, 5) is 13.0. The third-order valence-corrected chi connectivity index (χ3v) is 5.64. The molecular weight excluding hydrogens is 395 g/mol. The number of hydrogen-bond donors (Lipinski definition) is 2. The average molecular weight is 412 g/mol. The highest BCUT2D eigenvalue weighted by Crippen LogP contribution is 2.17. The van der Waals surface area contributed by atoms with Crippen molar-refractivity contribution in [3.8, 4) is 5.82 Å². The lowest BCUT2D eigenvalue weighted by Gasteiger charge is -2.09. The lowest BCUT2D eigenvalue weighted by Crippen LogP contribution is -2.29.